The van der Waals surface area contributed by atoms with Crippen LogP contribution in [0.5, 0.6) is 0 Å². The van der Waals surface area contributed by atoms with Crippen LogP contribution >= 0.6 is 0 Å². The molecule has 8 nitrogen and oxygen atoms in total. The molecule has 0 aliphatic carbocycles. The molecule has 0 amide bonds. The molecule has 0 saturated heterocycles. The molecule has 0 bridgehead atoms. The minimum absolute atomic E-state index is 0.00563. The molecular weight excluding hydrogens is 246 g/mol. The van der Waals surface area contributed by atoms with Gasteiger partial charge in [0.2, 0.25) is 5.78 Å². The van der Waals surface area contributed by atoms with Crippen molar-refractivity contribution >= 4 is 11.8 Å². The third-order valence-corrected chi connectivity index (χ3v) is 2.37. The SMILES string of the molecule is CCNC[C@@H](O)[C@@H](O)[C@H](O)[C@H](O)CC(=O)C(=O)O. The van der Waals surface area contributed by atoms with Gasteiger partial charge in [0.05, 0.1) is 12.2 Å². The molecule has 0 heterocycles. The van der Waals surface area contributed by atoms with Crippen molar-refractivity contribution in [3.05, 3.63) is 0 Å². The summed E-state index contributed by atoms with van der Waals surface area (Å²) in [6, 6.07) is 0. The number of Topliss-reactive ketones (excluding diaryl/α,β-unsaturated/α-hetero) is 1. The molecule has 6 N–H and O–H groups in total. The standard InChI is InChI=1S/C10H19NO7/c1-2-11-4-7(14)9(16)8(15)5(12)3-6(13)10(17)18/h5,7-9,11-12,14-16H,2-4H2,1H3,(H,17,18)/t5-,7-,8-,9-/m1/s1. The van der Waals surface area contributed by atoms with Crippen LogP contribution in [-0.4, -0.2) is 74.8 Å². The van der Waals surface area contributed by atoms with E-state index >= 15 is 0 Å². The summed E-state index contributed by atoms with van der Waals surface area (Å²) in [5, 5.41) is 48.7. The van der Waals surface area contributed by atoms with Crippen molar-refractivity contribution in [2.24, 2.45) is 0 Å². The second-order valence-electron chi connectivity index (χ2n) is 3.86. The third kappa shape index (κ3) is 5.52. The van der Waals surface area contributed by atoms with Gasteiger partial charge in [-0.05, 0) is 6.54 Å². The van der Waals surface area contributed by atoms with Gasteiger partial charge in [-0.15, -0.1) is 0 Å². The second-order valence-corrected chi connectivity index (χ2v) is 3.86. The van der Waals surface area contributed by atoms with Gasteiger partial charge in [-0.3, -0.25) is 4.79 Å². The molecule has 0 aromatic heterocycles. The van der Waals surface area contributed by atoms with E-state index in [1.165, 1.54) is 0 Å². The Balaban J connectivity index is 4.30. The van der Waals surface area contributed by atoms with Crippen LogP contribution in [0, 0.1) is 0 Å². The molecular formula is C10H19NO7. The average Bonchev–Trinajstić information content (AvgIpc) is 2.33. The monoisotopic (exact) mass is 265 g/mol. The van der Waals surface area contributed by atoms with Crippen molar-refractivity contribution in [1.82, 2.24) is 5.32 Å². The largest absolute Gasteiger partial charge is 0.475 e. The summed E-state index contributed by atoms with van der Waals surface area (Å²) < 4.78 is 0. The molecule has 0 aromatic rings. The summed E-state index contributed by atoms with van der Waals surface area (Å²) in [4.78, 5) is 21.0. The highest BCUT2D eigenvalue weighted by Crippen LogP contribution is 2.08. The Morgan fingerprint density at radius 2 is 1.56 bits per heavy atom. The number of carboxylic acids is 1. The Hall–Kier alpha value is -1.06. The van der Waals surface area contributed by atoms with Crippen LogP contribution in [0.3, 0.4) is 0 Å². The number of aliphatic hydroxyl groups excluding tert-OH is 4. The number of carboxylic acid groups (broad SMARTS) is 1. The topological polar surface area (TPSA) is 147 Å². The van der Waals surface area contributed by atoms with Crippen LogP contribution in [-0.2, 0) is 9.59 Å². The maximum absolute atomic E-state index is 10.8. The fraction of sp³-hybridized carbons (Fsp3) is 0.800. The van der Waals surface area contributed by atoms with Crippen molar-refractivity contribution in [3.63, 3.8) is 0 Å². The van der Waals surface area contributed by atoms with E-state index in [1.54, 1.807) is 6.92 Å². The maximum Gasteiger partial charge on any atom is 0.372 e. The van der Waals surface area contributed by atoms with Crippen molar-refractivity contribution in [2.75, 3.05) is 13.1 Å². The summed E-state index contributed by atoms with van der Waals surface area (Å²) in [5.74, 6) is -3.01. The molecule has 4 atom stereocenters. The average molecular weight is 265 g/mol. The lowest BCUT2D eigenvalue weighted by atomic mass is 9.99. The first-order valence-corrected chi connectivity index (χ1v) is 5.50. The minimum atomic E-state index is -1.80. The molecule has 0 aliphatic heterocycles. The van der Waals surface area contributed by atoms with E-state index < -0.39 is 42.6 Å². The molecule has 18 heavy (non-hydrogen) atoms. The van der Waals surface area contributed by atoms with Crippen molar-refractivity contribution in [1.29, 1.82) is 0 Å². The number of hydrogen-bond acceptors (Lipinski definition) is 7. The van der Waals surface area contributed by atoms with Gasteiger partial charge in [0.1, 0.15) is 12.2 Å². The third-order valence-electron chi connectivity index (χ3n) is 2.37. The number of ketones is 1. The van der Waals surface area contributed by atoms with Crippen LogP contribution < -0.4 is 5.32 Å². The Morgan fingerprint density at radius 1 is 1.06 bits per heavy atom. The predicted octanol–water partition coefficient (Wildman–Crippen LogP) is -2.92. The number of rotatable bonds is 9. The number of carbonyl (C=O) groups is 2. The molecule has 0 unspecified atom stereocenters. The normalized spacial score (nSPS) is 17.8. The summed E-state index contributed by atoms with van der Waals surface area (Å²) in [5.41, 5.74) is 0. The molecule has 0 rings (SSSR count). The molecule has 0 saturated carbocycles. The number of carbonyl (C=O) groups excluding carboxylic acids is 1. The van der Waals surface area contributed by atoms with Gasteiger partial charge < -0.3 is 30.8 Å². The van der Waals surface area contributed by atoms with Gasteiger partial charge in [-0.1, -0.05) is 6.92 Å². The Bertz CT molecular complexity index is 283. The Labute approximate surface area is 104 Å². The molecule has 0 aliphatic rings. The van der Waals surface area contributed by atoms with Crippen LogP contribution in [0.2, 0.25) is 0 Å². The van der Waals surface area contributed by atoms with Crippen LogP contribution in [0.25, 0.3) is 0 Å². The van der Waals surface area contributed by atoms with Crippen LogP contribution in [0.1, 0.15) is 13.3 Å². The maximum atomic E-state index is 10.8. The second kappa shape index (κ2) is 8.11. The molecule has 0 fully saturated rings. The van der Waals surface area contributed by atoms with Gasteiger partial charge in [0.25, 0.3) is 0 Å². The zero-order chi connectivity index (χ0) is 14.3. The highest BCUT2D eigenvalue weighted by Gasteiger charge is 2.32. The number of likely N-dealkylation sites (N-methyl/N-ethyl adjacent to an activating group) is 1. The molecule has 0 radical (unpaired) electrons. The molecule has 0 aromatic carbocycles. The molecule has 8 heteroatoms. The highest BCUT2D eigenvalue weighted by atomic mass is 16.4. The van der Waals surface area contributed by atoms with Gasteiger partial charge in [0, 0.05) is 13.0 Å². The smallest absolute Gasteiger partial charge is 0.372 e. The van der Waals surface area contributed by atoms with E-state index in [0.29, 0.717) is 6.54 Å². The van der Waals surface area contributed by atoms with Gasteiger partial charge >= 0.3 is 5.97 Å². The summed E-state index contributed by atoms with van der Waals surface area (Å²) in [6.45, 7) is 2.31. The Kier molecular flexibility index (Phi) is 7.64. The lowest BCUT2D eigenvalue weighted by Crippen LogP contribution is -2.48. The Morgan fingerprint density at radius 3 is 2.00 bits per heavy atom. The van der Waals surface area contributed by atoms with E-state index in [0.717, 1.165) is 0 Å². The first kappa shape index (κ1) is 16.9. The van der Waals surface area contributed by atoms with Crippen molar-refractivity contribution in [3.8, 4) is 0 Å². The molecule has 0 spiro atoms. The van der Waals surface area contributed by atoms with E-state index in [9.17, 15) is 30.0 Å². The quantitative estimate of drug-likeness (QED) is 0.243. The van der Waals surface area contributed by atoms with Crippen molar-refractivity contribution < 1.29 is 35.1 Å². The van der Waals surface area contributed by atoms with Gasteiger partial charge in [-0.25, -0.2) is 4.79 Å². The summed E-state index contributed by atoms with van der Waals surface area (Å²) in [7, 11) is 0. The summed E-state index contributed by atoms with van der Waals surface area (Å²) >= 11 is 0. The van der Waals surface area contributed by atoms with E-state index in [1.807, 2.05) is 0 Å². The zero-order valence-corrected chi connectivity index (χ0v) is 9.98. The first-order valence-electron chi connectivity index (χ1n) is 5.50. The number of nitrogens with one attached hydrogen (secondary N) is 1. The zero-order valence-electron chi connectivity index (χ0n) is 9.98. The van der Waals surface area contributed by atoms with Gasteiger partial charge in [0.15, 0.2) is 0 Å². The fourth-order valence-electron chi connectivity index (χ4n) is 1.27. The summed E-state index contributed by atoms with van der Waals surface area (Å²) in [6.07, 6.45) is -7.40. The minimum Gasteiger partial charge on any atom is -0.475 e. The molecule has 106 valence electrons. The van der Waals surface area contributed by atoms with Crippen molar-refractivity contribution in [2.45, 2.75) is 37.8 Å². The van der Waals surface area contributed by atoms with E-state index in [4.69, 9.17) is 5.11 Å². The lowest BCUT2D eigenvalue weighted by Gasteiger charge is -2.26. The van der Waals surface area contributed by atoms with Crippen LogP contribution in [0.15, 0.2) is 0 Å². The predicted molar refractivity (Wildman–Crippen MR) is 59.8 cm³/mol. The fourth-order valence-corrected chi connectivity index (χ4v) is 1.27. The van der Waals surface area contributed by atoms with E-state index in [-0.39, 0.29) is 6.54 Å². The van der Waals surface area contributed by atoms with Gasteiger partial charge in [-0.2, -0.15) is 0 Å². The lowest BCUT2D eigenvalue weighted by molar-refractivity contribution is -0.152. The van der Waals surface area contributed by atoms with E-state index in [2.05, 4.69) is 5.32 Å². The number of aliphatic hydroxyl groups is 4. The number of aliphatic carboxylic acids is 1. The first-order chi connectivity index (χ1) is 8.31. The highest BCUT2D eigenvalue weighted by molar-refractivity contribution is 6.32. The van der Waals surface area contributed by atoms with Crippen LogP contribution in [0.4, 0.5) is 0 Å². The number of hydrogen-bond donors (Lipinski definition) is 6.